The maximum absolute atomic E-state index is 13.0. The Morgan fingerprint density at radius 2 is 1.93 bits per heavy atom. The lowest BCUT2D eigenvalue weighted by atomic mass is 10.0. The van der Waals surface area contributed by atoms with E-state index in [0.717, 1.165) is 33.5 Å². The van der Waals surface area contributed by atoms with Crippen LogP contribution in [0.5, 0.6) is 5.75 Å². The topological polar surface area (TPSA) is 64.1 Å². The molecule has 4 rings (SSSR count). The molecule has 4 aromatic rings. The van der Waals surface area contributed by atoms with Gasteiger partial charge in [0.25, 0.3) is 5.91 Å². The highest BCUT2D eigenvalue weighted by Crippen LogP contribution is 2.27. The fraction of sp³-hybridized carbons (Fsp3) is 0.0870. The molecule has 2 aromatic carbocycles. The van der Waals surface area contributed by atoms with Crippen molar-refractivity contribution in [3.63, 3.8) is 0 Å². The van der Waals surface area contributed by atoms with E-state index in [1.165, 1.54) is 0 Å². The van der Waals surface area contributed by atoms with Gasteiger partial charge in [-0.2, -0.15) is 0 Å². The zero-order chi connectivity index (χ0) is 19.3. The predicted molar refractivity (Wildman–Crippen MR) is 109 cm³/mol. The van der Waals surface area contributed by atoms with Gasteiger partial charge >= 0.3 is 0 Å². The summed E-state index contributed by atoms with van der Waals surface area (Å²) in [6.45, 7) is 0.415. The molecule has 0 bridgehead atoms. The number of ether oxygens (including phenoxy) is 1. The predicted octanol–water partition coefficient (Wildman–Crippen LogP) is 4.24. The molecule has 138 valence electrons. The minimum atomic E-state index is -0.147. The van der Waals surface area contributed by atoms with Crippen molar-refractivity contribution < 1.29 is 9.53 Å². The number of hydrogen-bond donors (Lipinski definition) is 1. The SMILES string of the molecule is COc1cccc(-c2cc(C(=O)NCc3cccnc3)c3ccccc3n2)c1. The third kappa shape index (κ3) is 3.69. The van der Waals surface area contributed by atoms with E-state index in [1.807, 2.05) is 66.7 Å². The number of methoxy groups -OCH3 is 1. The number of carbonyl (C=O) groups excluding carboxylic acids is 1. The van der Waals surface area contributed by atoms with Crippen LogP contribution < -0.4 is 10.1 Å². The summed E-state index contributed by atoms with van der Waals surface area (Å²) in [5.41, 5.74) is 3.93. The molecule has 0 fully saturated rings. The van der Waals surface area contributed by atoms with Crippen LogP contribution in [0.3, 0.4) is 0 Å². The molecule has 0 aliphatic heterocycles. The van der Waals surface area contributed by atoms with Gasteiger partial charge in [0.2, 0.25) is 0 Å². The fourth-order valence-electron chi connectivity index (χ4n) is 3.07. The van der Waals surface area contributed by atoms with E-state index in [9.17, 15) is 4.79 Å². The molecule has 0 unspecified atom stereocenters. The number of pyridine rings is 2. The Morgan fingerprint density at radius 1 is 1.04 bits per heavy atom. The fourth-order valence-corrected chi connectivity index (χ4v) is 3.07. The highest BCUT2D eigenvalue weighted by Gasteiger charge is 2.14. The number of nitrogens with zero attached hydrogens (tertiary/aromatic N) is 2. The van der Waals surface area contributed by atoms with Crippen molar-refractivity contribution in [1.29, 1.82) is 0 Å². The van der Waals surface area contributed by atoms with Gasteiger partial charge in [0.05, 0.1) is 23.9 Å². The van der Waals surface area contributed by atoms with Crippen molar-refractivity contribution in [2.24, 2.45) is 0 Å². The number of hydrogen-bond acceptors (Lipinski definition) is 4. The Morgan fingerprint density at radius 3 is 2.75 bits per heavy atom. The number of benzene rings is 2. The van der Waals surface area contributed by atoms with Gasteiger partial charge in [0, 0.05) is 29.9 Å². The first-order valence-corrected chi connectivity index (χ1v) is 8.96. The third-order valence-electron chi connectivity index (χ3n) is 4.50. The van der Waals surface area contributed by atoms with Crippen LogP contribution in [-0.4, -0.2) is 23.0 Å². The lowest BCUT2D eigenvalue weighted by Crippen LogP contribution is -2.23. The average Bonchev–Trinajstić information content (AvgIpc) is 2.77. The standard InChI is InChI=1S/C23H19N3O2/c1-28-18-8-4-7-17(12-18)22-13-20(19-9-2-3-10-21(19)26-22)23(27)25-15-16-6-5-11-24-14-16/h2-14H,15H2,1H3,(H,25,27). The molecule has 0 saturated heterocycles. The van der Waals surface area contributed by atoms with Crippen molar-refractivity contribution in [2.45, 2.75) is 6.54 Å². The van der Waals surface area contributed by atoms with Gasteiger partial charge in [-0.3, -0.25) is 9.78 Å². The highest BCUT2D eigenvalue weighted by molar-refractivity contribution is 6.07. The summed E-state index contributed by atoms with van der Waals surface area (Å²) in [5.74, 6) is 0.599. The zero-order valence-electron chi connectivity index (χ0n) is 15.4. The highest BCUT2D eigenvalue weighted by atomic mass is 16.5. The van der Waals surface area contributed by atoms with E-state index in [4.69, 9.17) is 9.72 Å². The summed E-state index contributed by atoms with van der Waals surface area (Å²) in [5, 5.41) is 3.79. The molecule has 0 aliphatic rings. The van der Waals surface area contributed by atoms with Crippen LogP contribution in [0.15, 0.2) is 79.1 Å². The number of para-hydroxylation sites is 1. The normalized spacial score (nSPS) is 10.6. The summed E-state index contributed by atoms with van der Waals surface area (Å²) in [4.78, 5) is 21.8. The summed E-state index contributed by atoms with van der Waals surface area (Å²) in [6.07, 6.45) is 3.45. The van der Waals surface area contributed by atoms with Crippen LogP contribution >= 0.6 is 0 Å². The number of amides is 1. The average molecular weight is 369 g/mol. The zero-order valence-corrected chi connectivity index (χ0v) is 15.4. The molecule has 2 heterocycles. The molecule has 0 radical (unpaired) electrons. The molecular weight excluding hydrogens is 350 g/mol. The maximum Gasteiger partial charge on any atom is 0.252 e. The maximum atomic E-state index is 13.0. The van der Waals surface area contributed by atoms with Crippen LogP contribution in [0.1, 0.15) is 15.9 Å². The van der Waals surface area contributed by atoms with E-state index >= 15 is 0 Å². The first-order chi connectivity index (χ1) is 13.7. The number of carbonyl (C=O) groups is 1. The third-order valence-corrected chi connectivity index (χ3v) is 4.50. The van der Waals surface area contributed by atoms with Crippen molar-refractivity contribution in [3.8, 4) is 17.0 Å². The van der Waals surface area contributed by atoms with Gasteiger partial charge in [-0.25, -0.2) is 4.98 Å². The summed E-state index contributed by atoms with van der Waals surface area (Å²) in [7, 11) is 1.63. The summed E-state index contributed by atoms with van der Waals surface area (Å²) < 4.78 is 5.32. The second kappa shape index (κ2) is 7.88. The second-order valence-electron chi connectivity index (χ2n) is 6.35. The smallest absolute Gasteiger partial charge is 0.252 e. The molecule has 5 nitrogen and oxygen atoms in total. The van der Waals surface area contributed by atoms with E-state index in [1.54, 1.807) is 19.5 Å². The van der Waals surface area contributed by atoms with Gasteiger partial charge in [-0.1, -0.05) is 36.4 Å². The van der Waals surface area contributed by atoms with Crippen molar-refractivity contribution in [2.75, 3.05) is 7.11 Å². The molecule has 1 amide bonds. The van der Waals surface area contributed by atoms with Crippen molar-refractivity contribution >= 4 is 16.8 Å². The summed E-state index contributed by atoms with van der Waals surface area (Å²) >= 11 is 0. The molecule has 2 aromatic heterocycles. The second-order valence-corrected chi connectivity index (χ2v) is 6.35. The molecule has 0 atom stereocenters. The lowest BCUT2D eigenvalue weighted by Gasteiger charge is -2.11. The molecular formula is C23H19N3O2. The Balaban J connectivity index is 1.72. The summed E-state index contributed by atoms with van der Waals surface area (Å²) in [6, 6.07) is 20.9. The molecule has 0 aliphatic carbocycles. The molecule has 5 heteroatoms. The van der Waals surface area contributed by atoms with Gasteiger partial charge < -0.3 is 10.1 Å². The number of rotatable bonds is 5. The van der Waals surface area contributed by atoms with E-state index < -0.39 is 0 Å². The van der Waals surface area contributed by atoms with E-state index in [-0.39, 0.29) is 5.91 Å². The molecule has 0 saturated carbocycles. The molecule has 28 heavy (non-hydrogen) atoms. The first-order valence-electron chi connectivity index (χ1n) is 8.96. The Bertz CT molecular complexity index is 1130. The lowest BCUT2D eigenvalue weighted by molar-refractivity contribution is 0.0952. The monoisotopic (exact) mass is 369 g/mol. The van der Waals surface area contributed by atoms with Gasteiger partial charge in [-0.05, 0) is 35.9 Å². The van der Waals surface area contributed by atoms with Crippen LogP contribution in [0.4, 0.5) is 0 Å². The van der Waals surface area contributed by atoms with Crippen LogP contribution in [-0.2, 0) is 6.54 Å². The van der Waals surface area contributed by atoms with Gasteiger partial charge in [0.15, 0.2) is 0 Å². The minimum Gasteiger partial charge on any atom is -0.497 e. The Hall–Kier alpha value is -3.73. The van der Waals surface area contributed by atoms with Gasteiger partial charge in [-0.15, -0.1) is 0 Å². The molecule has 0 spiro atoms. The quantitative estimate of drug-likeness (QED) is 0.572. The van der Waals surface area contributed by atoms with Crippen LogP contribution in [0.2, 0.25) is 0 Å². The number of fused-ring (bicyclic) bond motifs is 1. The van der Waals surface area contributed by atoms with Gasteiger partial charge in [0.1, 0.15) is 5.75 Å². The number of nitrogens with one attached hydrogen (secondary N) is 1. The van der Waals surface area contributed by atoms with Crippen LogP contribution in [0.25, 0.3) is 22.2 Å². The largest absolute Gasteiger partial charge is 0.497 e. The Labute approximate surface area is 163 Å². The van der Waals surface area contributed by atoms with Crippen LogP contribution in [0, 0.1) is 0 Å². The first kappa shape index (κ1) is 17.7. The van der Waals surface area contributed by atoms with Crippen molar-refractivity contribution in [3.05, 3.63) is 90.3 Å². The van der Waals surface area contributed by atoms with Crippen molar-refractivity contribution in [1.82, 2.24) is 15.3 Å². The number of aromatic nitrogens is 2. The Kier molecular flexibility index (Phi) is 4.97. The van der Waals surface area contributed by atoms with E-state index in [2.05, 4.69) is 10.3 Å². The van der Waals surface area contributed by atoms with E-state index in [0.29, 0.717) is 12.1 Å². The molecule has 1 N–H and O–H groups in total. The minimum absolute atomic E-state index is 0.147.